The molecule has 2 unspecified atom stereocenters. The van der Waals surface area contributed by atoms with E-state index in [-0.39, 0.29) is 6.04 Å². The molecular weight excluding hydrogens is 365 g/mol. The molecule has 0 aliphatic heterocycles. The molecule has 2 atom stereocenters. The van der Waals surface area contributed by atoms with Crippen molar-refractivity contribution in [3.05, 3.63) is 33.4 Å². The fourth-order valence-corrected chi connectivity index (χ4v) is 2.51. The molecule has 1 aromatic carbocycles. The number of carbonyl (C=O) groups is 1. The fourth-order valence-electron chi connectivity index (χ4n) is 2.15. The number of rotatable bonds is 9. The van der Waals surface area contributed by atoms with Gasteiger partial charge in [-0.2, -0.15) is 0 Å². The van der Waals surface area contributed by atoms with E-state index in [2.05, 4.69) is 66.0 Å². The molecule has 0 aromatic heterocycles. The van der Waals surface area contributed by atoms with Gasteiger partial charge in [0.25, 0.3) is 0 Å². The molecule has 2 N–H and O–H groups in total. The molecule has 0 amide bonds. The zero-order valence-corrected chi connectivity index (χ0v) is 14.4. The molecule has 0 fully saturated rings. The Bertz CT molecular complexity index is 405. The number of nitrogens with one attached hydrogen (secondary N) is 1. The van der Waals surface area contributed by atoms with Crippen LogP contribution < -0.4 is 5.32 Å². The van der Waals surface area contributed by atoms with Gasteiger partial charge in [0.05, 0.1) is 0 Å². The van der Waals surface area contributed by atoms with Crippen LogP contribution in [0.3, 0.4) is 0 Å². The van der Waals surface area contributed by atoms with E-state index in [0.717, 1.165) is 25.7 Å². The van der Waals surface area contributed by atoms with Crippen LogP contribution in [-0.2, 0) is 11.2 Å². The van der Waals surface area contributed by atoms with Crippen molar-refractivity contribution >= 4 is 28.6 Å². The summed E-state index contributed by atoms with van der Waals surface area (Å²) in [6.45, 7) is 4.15. The molecule has 4 heteroatoms. The molecule has 3 nitrogen and oxygen atoms in total. The summed E-state index contributed by atoms with van der Waals surface area (Å²) in [5.41, 5.74) is 1.31. The van der Waals surface area contributed by atoms with E-state index in [9.17, 15) is 9.90 Å². The Hall–Kier alpha value is -0.620. The van der Waals surface area contributed by atoms with Crippen molar-refractivity contribution in [2.24, 2.45) is 0 Å². The van der Waals surface area contributed by atoms with Crippen LogP contribution in [0.25, 0.3) is 0 Å². The number of aryl methyl sites for hydroxylation is 1. The van der Waals surface area contributed by atoms with Crippen molar-refractivity contribution in [2.45, 2.75) is 58.0 Å². The Morgan fingerprint density at radius 3 is 2.50 bits per heavy atom. The fraction of sp³-hybridized carbons (Fsp3) is 0.562. The van der Waals surface area contributed by atoms with E-state index in [0.29, 0.717) is 6.42 Å². The number of benzene rings is 1. The van der Waals surface area contributed by atoms with Gasteiger partial charge in [0, 0.05) is 9.61 Å². The highest BCUT2D eigenvalue weighted by Gasteiger charge is 2.18. The standard InChI is InChI=1S/C16H24INO2/c1-3-4-5-15(16(19)20)18-12(2)6-7-13-8-10-14(17)11-9-13/h8-12,15,18H,3-7H2,1-2H3,(H,19,20). The predicted octanol–water partition coefficient (Wildman–Crippen LogP) is 3.85. The molecule has 0 bridgehead atoms. The van der Waals surface area contributed by atoms with E-state index in [1.54, 1.807) is 0 Å². The van der Waals surface area contributed by atoms with E-state index in [4.69, 9.17) is 0 Å². The highest BCUT2D eigenvalue weighted by atomic mass is 127. The topological polar surface area (TPSA) is 49.3 Å². The highest BCUT2D eigenvalue weighted by molar-refractivity contribution is 14.1. The quantitative estimate of drug-likeness (QED) is 0.631. The molecule has 0 saturated carbocycles. The van der Waals surface area contributed by atoms with Crippen LogP contribution in [0.5, 0.6) is 0 Å². The van der Waals surface area contributed by atoms with Gasteiger partial charge < -0.3 is 10.4 Å². The molecule has 0 aliphatic rings. The smallest absolute Gasteiger partial charge is 0.320 e. The third kappa shape index (κ3) is 6.70. The SMILES string of the molecule is CCCCC(NC(C)CCc1ccc(I)cc1)C(=O)O. The maximum atomic E-state index is 11.2. The van der Waals surface area contributed by atoms with Gasteiger partial charge in [-0.3, -0.25) is 4.79 Å². The lowest BCUT2D eigenvalue weighted by Gasteiger charge is -2.20. The summed E-state index contributed by atoms with van der Waals surface area (Å²) in [6, 6.07) is 8.29. The zero-order valence-electron chi connectivity index (χ0n) is 12.2. The lowest BCUT2D eigenvalue weighted by atomic mass is 10.0. The maximum absolute atomic E-state index is 11.2. The van der Waals surface area contributed by atoms with E-state index >= 15 is 0 Å². The van der Waals surface area contributed by atoms with Crippen molar-refractivity contribution in [3.63, 3.8) is 0 Å². The first-order chi connectivity index (χ1) is 9.52. The summed E-state index contributed by atoms with van der Waals surface area (Å²) in [5.74, 6) is -0.737. The number of unbranched alkanes of at least 4 members (excludes halogenated alkanes) is 1. The largest absolute Gasteiger partial charge is 0.480 e. The van der Waals surface area contributed by atoms with Gasteiger partial charge in [0.2, 0.25) is 0 Å². The summed E-state index contributed by atoms with van der Waals surface area (Å²) >= 11 is 2.30. The van der Waals surface area contributed by atoms with Crippen molar-refractivity contribution in [3.8, 4) is 0 Å². The van der Waals surface area contributed by atoms with E-state index in [1.807, 2.05) is 0 Å². The van der Waals surface area contributed by atoms with Crippen molar-refractivity contribution in [1.29, 1.82) is 0 Å². The Morgan fingerprint density at radius 1 is 1.30 bits per heavy atom. The van der Waals surface area contributed by atoms with Crippen LogP contribution in [0.15, 0.2) is 24.3 Å². The normalized spacial score (nSPS) is 13.9. The summed E-state index contributed by atoms with van der Waals surface area (Å²) in [4.78, 5) is 11.2. The molecule has 20 heavy (non-hydrogen) atoms. The summed E-state index contributed by atoms with van der Waals surface area (Å²) < 4.78 is 1.24. The van der Waals surface area contributed by atoms with Gasteiger partial charge in [-0.15, -0.1) is 0 Å². The first-order valence-electron chi connectivity index (χ1n) is 7.26. The number of hydrogen-bond acceptors (Lipinski definition) is 2. The van der Waals surface area contributed by atoms with E-state index in [1.165, 1.54) is 9.13 Å². The Labute approximate surface area is 135 Å². The maximum Gasteiger partial charge on any atom is 0.320 e. The monoisotopic (exact) mass is 389 g/mol. The molecular formula is C16H24INO2. The van der Waals surface area contributed by atoms with Gasteiger partial charge >= 0.3 is 5.97 Å². The van der Waals surface area contributed by atoms with Gasteiger partial charge in [0.15, 0.2) is 0 Å². The molecule has 0 saturated heterocycles. The van der Waals surface area contributed by atoms with Crippen molar-refractivity contribution in [1.82, 2.24) is 5.32 Å². The molecule has 0 spiro atoms. The number of aliphatic carboxylic acids is 1. The third-order valence-electron chi connectivity index (χ3n) is 3.41. The van der Waals surface area contributed by atoms with Crippen LogP contribution in [0.2, 0.25) is 0 Å². The summed E-state index contributed by atoms with van der Waals surface area (Å²) in [7, 11) is 0. The minimum Gasteiger partial charge on any atom is -0.480 e. The molecule has 0 aliphatic carbocycles. The Morgan fingerprint density at radius 2 is 1.95 bits per heavy atom. The average molecular weight is 389 g/mol. The minimum atomic E-state index is -0.737. The lowest BCUT2D eigenvalue weighted by molar-refractivity contribution is -0.139. The first kappa shape index (κ1) is 17.4. The van der Waals surface area contributed by atoms with Crippen molar-refractivity contribution < 1.29 is 9.90 Å². The summed E-state index contributed by atoms with van der Waals surface area (Å²) in [6.07, 6.45) is 4.62. The number of hydrogen-bond donors (Lipinski definition) is 2. The average Bonchev–Trinajstić information content (AvgIpc) is 2.42. The van der Waals surface area contributed by atoms with Crippen LogP contribution in [0.1, 0.15) is 45.1 Å². The number of halogens is 1. The summed E-state index contributed by atoms with van der Waals surface area (Å²) in [5, 5.41) is 12.4. The Balaban J connectivity index is 2.39. The molecule has 1 aromatic rings. The third-order valence-corrected chi connectivity index (χ3v) is 4.13. The predicted molar refractivity (Wildman–Crippen MR) is 91.0 cm³/mol. The van der Waals surface area contributed by atoms with Gasteiger partial charge in [0.1, 0.15) is 6.04 Å². The first-order valence-corrected chi connectivity index (χ1v) is 8.34. The van der Waals surface area contributed by atoms with Crippen LogP contribution in [0.4, 0.5) is 0 Å². The molecule has 1 rings (SSSR count). The van der Waals surface area contributed by atoms with Crippen LogP contribution in [-0.4, -0.2) is 23.2 Å². The van der Waals surface area contributed by atoms with Gasteiger partial charge in [-0.1, -0.05) is 31.9 Å². The molecule has 112 valence electrons. The highest BCUT2D eigenvalue weighted by Crippen LogP contribution is 2.10. The lowest BCUT2D eigenvalue weighted by Crippen LogP contribution is -2.42. The van der Waals surface area contributed by atoms with Gasteiger partial charge in [-0.05, 0) is 66.5 Å². The second kappa shape index (κ2) is 9.34. The number of carboxylic acids is 1. The molecule has 0 heterocycles. The second-order valence-corrected chi connectivity index (χ2v) is 6.51. The minimum absolute atomic E-state index is 0.215. The van der Waals surface area contributed by atoms with E-state index < -0.39 is 12.0 Å². The molecule has 0 radical (unpaired) electrons. The second-order valence-electron chi connectivity index (χ2n) is 5.27. The number of carboxylic acid groups (broad SMARTS) is 1. The van der Waals surface area contributed by atoms with Crippen LogP contribution >= 0.6 is 22.6 Å². The zero-order chi connectivity index (χ0) is 15.0. The van der Waals surface area contributed by atoms with Crippen LogP contribution in [0, 0.1) is 3.57 Å². The van der Waals surface area contributed by atoms with Gasteiger partial charge in [-0.25, -0.2) is 0 Å². The van der Waals surface area contributed by atoms with Crippen molar-refractivity contribution in [2.75, 3.05) is 0 Å². The Kier molecular flexibility index (Phi) is 8.14.